The van der Waals surface area contributed by atoms with Crippen molar-refractivity contribution in [2.75, 3.05) is 0 Å². The second-order valence-corrected chi connectivity index (χ2v) is 2.09. The predicted octanol–water partition coefficient (Wildman–Crippen LogP) is 0.0555. The monoisotopic (exact) mass is 230 g/mol. The van der Waals surface area contributed by atoms with Crippen LogP contribution in [0, 0.1) is 0 Å². The van der Waals surface area contributed by atoms with Gasteiger partial charge in [-0.2, -0.15) is 0 Å². The topological polar surface area (TPSA) is 20.2 Å². The van der Waals surface area contributed by atoms with E-state index in [9.17, 15) is 0 Å². The maximum absolute atomic E-state index is 8.13. The van der Waals surface area contributed by atoms with Gasteiger partial charge in [0, 0.05) is 0 Å². The van der Waals surface area contributed by atoms with Gasteiger partial charge in [0.15, 0.2) is 0 Å². The second kappa shape index (κ2) is 1.80. The zero-order valence-electron chi connectivity index (χ0n) is 3.06. The zero-order valence-corrected chi connectivity index (χ0v) is 5.00. The summed E-state index contributed by atoms with van der Waals surface area (Å²) in [5.41, 5.74) is 0. The Morgan fingerprint density at radius 1 is 2.50 bits per heavy atom. The van der Waals surface area contributed by atoms with Crippen molar-refractivity contribution in [3.05, 3.63) is 0 Å². The Bertz CT molecular complexity index is 44.9. The fraction of sp³-hybridized carbons (Fsp3) is 0.500. The summed E-state index contributed by atoms with van der Waals surface area (Å²) >= 11 is 0.995. The number of hydrogen-bond donors (Lipinski definition) is 1. The SMILES string of the molecule is [3H]C[C](O)=[W]. The third-order valence-electron chi connectivity index (χ3n) is 0. The average Bonchev–Trinajstić information content (AvgIpc) is 1.38. The van der Waals surface area contributed by atoms with Crippen LogP contribution in [0.4, 0.5) is 0 Å². The van der Waals surface area contributed by atoms with E-state index in [1.54, 1.807) is 0 Å². The summed E-state index contributed by atoms with van der Waals surface area (Å²) < 4.78 is 6.65. The molecule has 0 spiro atoms. The van der Waals surface area contributed by atoms with E-state index in [2.05, 4.69) is 0 Å². The first-order valence-corrected chi connectivity index (χ1v) is 2.25. The van der Waals surface area contributed by atoms with Crippen LogP contribution in [-0.4, -0.2) is 9.19 Å². The molecule has 2 heteroatoms. The van der Waals surface area contributed by atoms with Crippen LogP contribution in [0.25, 0.3) is 0 Å². The molecule has 0 aromatic heterocycles. The first kappa shape index (κ1) is 2.74. The van der Waals surface area contributed by atoms with Crippen LogP contribution in [0.2, 0.25) is 0 Å². The summed E-state index contributed by atoms with van der Waals surface area (Å²) in [6.07, 6.45) is 0. The van der Waals surface area contributed by atoms with E-state index < -0.39 is 0 Å². The van der Waals surface area contributed by atoms with Gasteiger partial charge < -0.3 is 0 Å². The molecule has 0 amide bonds. The number of aliphatic hydroxyl groups is 1. The van der Waals surface area contributed by atoms with Crippen molar-refractivity contribution in [1.82, 2.24) is 0 Å². The Morgan fingerprint density at radius 3 is 2.75 bits per heavy atom. The summed E-state index contributed by atoms with van der Waals surface area (Å²) in [5, 5.41) is 8.13. The molecular weight excluding hydrogens is 224 g/mol. The number of rotatable bonds is 0. The van der Waals surface area contributed by atoms with Crippen molar-refractivity contribution < 1.29 is 25.8 Å². The van der Waals surface area contributed by atoms with Crippen molar-refractivity contribution >= 4 is 4.08 Å². The van der Waals surface area contributed by atoms with Gasteiger partial charge in [0.1, 0.15) is 0 Å². The number of hydrogen-bond acceptors (Lipinski definition) is 1. The van der Waals surface area contributed by atoms with E-state index in [4.69, 9.17) is 6.48 Å². The normalized spacial score (nSPS) is 9.75. The molecule has 0 aliphatic heterocycles. The van der Waals surface area contributed by atoms with Crippen molar-refractivity contribution in [2.24, 2.45) is 0 Å². The quantitative estimate of drug-likeness (QED) is 0.623. The standard InChI is InChI=1S/C2H4O.W/c1-2-3;/h3H,1H3;/i1T;. The first-order valence-electron chi connectivity index (χ1n) is 1.49. The Balaban J connectivity index is 2.85. The fourth-order valence-electron chi connectivity index (χ4n) is 0. The van der Waals surface area contributed by atoms with Gasteiger partial charge in [-0.3, -0.25) is 0 Å². The first-order chi connectivity index (χ1) is 2.27. The minimum absolute atomic E-state index is 0.0648. The van der Waals surface area contributed by atoms with E-state index in [-0.39, 0.29) is 11.0 Å². The molecule has 0 aliphatic rings. The molecule has 24 valence electrons. The van der Waals surface area contributed by atoms with Gasteiger partial charge in [0.25, 0.3) is 0 Å². The molecule has 0 aliphatic carbocycles. The van der Waals surface area contributed by atoms with E-state index in [1.807, 2.05) is 0 Å². The van der Waals surface area contributed by atoms with Gasteiger partial charge in [-0.1, -0.05) is 0 Å². The van der Waals surface area contributed by atoms with Gasteiger partial charge in [0.2, 0.25) is 0 Å². The Labute approximate surface area is 37.5 Å². The summed E-state index contributed by atoms with van der Waals surface area (Å²) in [4.78, 5) is 0. The van der Waals surface area contributed by atoms with Crippen molar-refractivity contribution in [3.8, 4) is 0 Å². The van der Waals surface area contributed by atoms with Crippen LogP contribution in [-0.2, 0) is 19.4 Å². The van der Waals surface area contributed by atoms with E-state index >= 15 is 0 Å². The summed E-state index contributed by atoms with van der Waals surface area (Å²) in [5.74, 6) is 0. The molecule has 0 heterocycles. The van der Waals surface area contributed by atoms with Gasteiger partial charge in [-0.15, -0.1) is 0 Å². The molecule has 4 heavy (non-hydrogen) atoms. The molecule has 0 aromatic carbocycles. The molecule has 0 fully saturated rings. The second-order valence-electron chi connectivity index (χ2n) is 0.394. The van der Waals surface area contributed by atoms with Crippen molar-refractivity contribution in [3.63, 3.8) is 0 Å². The van der Waals surface area contributed by atoms with Crippen LogP contribution in [0.15, 0.2) is 0 Å². The van der Waals surface area contributed by atoms with Crippen LogP contribution in [0.5, 0.6) is 0 Å². The molecule has 0 unspecified atom stereocenters. The third-order valence-corrected chi connectivity index (χ3v) is 0. The van der Waals surface area contributed by atoms with Gasteiger partial charge in [-0.05, 0) is 0 Å². The molecule has 0 saturated heterocycles. The van der Waals surface area contributed by atoms with Crippen LogP contribution in [0.1, 0.15) is 8.27 Å². The van der Waals surface area contributed by atoms with Gasteiger partial charge >= 0.3 is 36.8 Å². The van der Waals surface area contributed by atoms with Crippen molar-refractivity contribution in [1.29, 1.82) is 0 Å². The summed E-state index contributed by atoms with van der Waals surface area (Å²) in [6.45, 7) is 0.0648. The molecule has 0 bridgehead atoms. The molecule has 0 saturated carbocycles. The molecule has 1 nitrogen and oxygen atoms in total. The van der Waals surface area contributed by atoms with Gasteiger partial charge in [0.05, 0.1) is 0 Å². The van der Waals surface area contributed by atoms with Crippen LogP contribution < -0.4 is 0 Å². The number of aliphatic hydroxyl groups excluding tert-OH is 1. The van der Waals surface area contributed by atoms with E-state index in [1.165, 1.54) is 0 Å². The van der Waals surface area contributed by atoms with Crippen molar-refractivity contribution in [2.45, 2.75) is 6.90 Å². The molecule has 0 atom stereocenters. The Hall–Kier alpha value is 0.518. The summed E-state index contributed by atoms with van der Waals surface area (Å²) in [7, 11) is 0. The van der Waals surface area contributed by atoms with E-state index in [0.717, 1.165) is 19.4 Å². The minimum atomic E-state index is 0.0648. The predicted molar refractivity (Wildman–Crippen MR) is 12.6 cm³/mol. The molecular formula is C2H4OW. The fourth-order valence-corrected chi connectivity index (χ4v) is 0. The summed E-state index contributed by atoms with van der Waals surface area (Å²) in [6, 6.07) is 0. The maximum atomic E-state index is 8.13. The zero-order chi connectivity index (χ0) is 4.28. The van der Waals surface area contributed by atoms with Crippen LogP contribution in [0.3, 0.4) is 0 Å². The average molecular weight is 230 g/mol. The Kier molecular flexibility index (Phi) is 1.23. The van der Waals surface area contributed by atoms with E-state index in [0.29, 0.717) is 0 Å². The molecule has 1 N–H and O–H groups in total. The van der Waals surface area contributed by atoms with Crippen LogP contribution >= 0.6 is 0 Å². The molecule has 0 rings (SSSR count). The van der Waals surface area contributed by atoms with Gasteiger partial charge in [-0.25, -0.2) is 0 Å². The Morgan fingerprint density at radius 2 is 2.75 bits per heavy atom. The third kappa shape index (κ3) is 21.6. The molecule has 0 radical (unpaired) electrons. The molecule has 0 aromatic rings.